The topological polar surface area (TPSA) is 78.5 Å². The molecule has 4 aromatic rings. The Morgan fingerprint density at radius 1 is 1.04 bits per heavy atom. The Balaban J connectivity index is 1.64. The summed E-state index contributed by atoms with van der Waals surface area (Å²) >= 11 is 1.43. The molecule has 0 aliphatic carbocycles. The van der Waals surface area contributed by atoms with Crippen molar-refractivity contribution in [2.45, 2.75) is 37.8 Å². The standard InChI is InChI=1S/C20H20N6OS/c1-3-11-25-18(15-8-6-7-14(2)12-15)22-23-20(25)28-13-26-19(27)16-9-4-5-10-17(16)21-24-26/h4-10,12H,3,11,13H2,1-2H3. The number of thioether (sulfide) groups is 1. The molecule has 2 heterocycles. The fraction of sp³-hybridized carbons (Fsp3) is 0.250. The molecule has 2 aromatic carbocycles. The van der Waals surface area contributed by atoms with Gasteiger partial charge in [0.2, 0.25) is 0 Å². The molecule has 0 bridgehead atoms. The van der Waals surface area contributed by atoms with Crippen molar-refractivity contribution in [2.24, 2.45) is 0 Å². The summed E-state index contributed by atoms with van der Waals surface area (Å²) in [6, 6.07) is 15.4. The van der Waals surface area contributed by atoms with Crippen LogP contribution in [0.2, 0.25) is 0 Å². The summed E-state index contributed by atoms with van der Waals surface area (Å²) in [5.41, 5.74) is 2.66. The van der Waals surface area contributed by atoms with E-state index in [4.69, 9.17) is 0 Å². The summed E-state index contributed by atoms with van der Waals surface area (Å²) in [6.07, 6.45) is 0.958. The first-order valence-corrected chi connectivity index (χ1v) is 10.1. The van der Waals surface area contributed by atoms with E-state index in [9.17, 15) is 4.79 Å². The Morgan fingerprint density at radius 3 is 2.71 bits per heavy atom. The van der Waals surface area contributed by atoms with Gasteiger partial charge < -0.3 is 4.57 Å². The molecule has 0 saturated carbocycles. The maximum Gasteiger partial charge on any atom is 0.278 e. The van der Waals surface area contributed by atoms with Crippen molar-refractivity contribution >= 4 is 22.7 Å². The minimum atomic E-state index is -0.154. The molecular weight excluding hydrogens is 372 g/mol. The van der Waals surface area contributed by atoms with Gasteiger partial charge >= 0.3 is 0 Å². The molecule has 0 amide bonds. The molecule has 0 saturated heterocycles. The summed E-state index contributed by atoms with van der Waals surface area (Å²) in [7, 11) is 0. The van der Waals surface area contributed by atoms with E-state index in [0.717, 1.165) is 29.5 Å². The highest BCUT2D eigenvalue weighted by molar-refractivity contribution is 7.98. The van der Waals surface area contributed by atoms with E-state index in [1.165, 1.54) is 22.0 Å². The normalized spacial score (nSPS) is 11.2. The lowest BCUT2D eigenvalue weighted by Crippen LogP contribution is -2.23. The first-order chi connectivity index (χ1) is 13.7. The molecule has 142 valence electrons. The van der Waals surface area contributed by atoms with E-state index < -0.39 is 0 Å². The van der Waals surface area contributed by atoms with E-state index >= 15 is 0 Å². The van der Waals surface area contributed by atoms with Crippen LogP contribution in [0.25, 0.3) is 22.3 Å². The van der Waals surface area contributed by atoms with Gasteiger partial charge in [0.15, 0.2) is 11.0 Å². The number of rotatable bonds is 6. The van der Waals surface area contributed by atoms with Gasteiger partial charge in [-0.15, -0.1) is 15.3 Å². The van der Waals surface area contributed by atoms with E-state index in [1.807, 2.05) is 24.3 Å². The zero-order chi connectivity index (χ0) is 19.5. The highest BCUT2D eigenvalue weighted by atomic mass is 32.2. The van der Waals surface area contributed by atoms with Gasteiger partial charge in [-0.25, -0.2) is 0 Å². The zero-order valence-electron chi connectivity index (χ0n) is 15.7. The van der Waals surface area contributed by atoms with Crippen LogP contribution in [-0.2, 0) is 12.4 Å². The average Bonchev–Trinajstić information content (AvgIpc) is 3.11. The molecule has 7 nitrogen and oxygen atoms in total. The summed E-state index contributed by atoms with van der Waals surface area (Å²) in [5, 5.41) is 18.3. The molecule has 4 rings (SSSR count). The zero-order valence-corrected chi connectivity index (χ0v) is 16.6. The molecule has 0 fully saturated rings. The molecule has 0 radical (unpaired) electrons. The van der Waals surface area contributed by atoms with Crippen molar-refractivity contribution in [1.82, 2.24) is 29.8 Å². The van der Waals surface area contributed by atoms with Gasteiger partial charge in [0.25, 0.3) is 5.56 Å². The quantitative estimate of drug-likeness (QED) is 0.467. The Hall–Kier alpha value is -3.00. The molecule has 0 N–H and O–H groups in total. The van der Waals surface area contributed by atoms with Gasteiger partial charge in [-0.3, -0.25) is 4.79 Å². The Morgan fingerprint density at radius 2 is 1.89 bits per heavy atom. The van der Waals surface area contributed by atoms with E-state index in [1.54, 1.807) is 12.1 Å². The molecule has 0 atom stereocenters. The lowest BCUT2D eigenvalue weighted by atomic mass is 10.1. The van der Waals surface area contributed by atoms with Crippen molar-refractivity contribution in [3.05, 3.63) is 64.4 Å². The second-order valence-electron chi connectivity index (χ2n) is 6.51. The Kier molecular flexibility index (Phi) is 5.21. The lowest BCUT2D eigenvalue weighted by Gasteiger charge is -2.09. The monoisotopic (exact) mass is 392 g/mol. The highest BCUT2D eigenvalue weighted by Gasteiger charge is 2.15. The number of hydrogen-bond donors (Lipinski definition) is 0. The molecule has 0 aliphatic heterocycles. The minimum Gasteiger partial charge on any atom is -0.302 e. The first kappa shape index (κ1) is 18.4. The molecule has 0 aliphatic rings. The Labute approximate surface area is 166 Å². The lowest BCUT2D eigenvalue weighted by molar-refractivity contribution is 0.616. The van der Waals surface area contributed by atoms with Crippen LogP contribution in [0.5, 0.6) is 0 Å². The smallest absolute Gasteiger partial charge is 0.278 e. The van der Waals surface area contributed by atoms with Crippen molar-refractivity contribution in [2.75, 3.05) is 0 Å². The van der Waals surface area contributed by atoms with Crippen molar-refractivity contribution in [3.8, 4) is 11.4 Å². The summed E-state index contributed by atoms with van der Waals surface area (Å²) in [6.45, 7) is 4.98. The summed E-state index contributed by atoms with van der Waals surface area (Å²) in [5.74, 6) is 1.16. The van der Waals surface area contributed by atoms with Crippen molar-refractivity contribution < 1.29 is 0 Å². The van der Waals surface area contributed by atoms with Gasteiger partial charge in [-0.05, 0) is 31.5 Å². The fourth-order valence-electron chi connectivity index (χ4n) is 3.05. The van der Waals surface area contributed by atoms with Gasteiger partial charge in [0.1, 0.15) is 5.52 Å². The number of aromatic nitrogens is 6. The second kappa shape index (κ2) is 7.93. The average molecular weight is 392 g/mol. The van der Waals surface area contributed by atoms with E-state index in [-0.39, 0.29) is 5.56 Å². The third kappa shape index (κ3) is 3.55. The van der Waals surface area contributed by atoms with Crippen LogP contribution in [0, 0.1) is 6.92 Å². The number of aryl methyl sites for hydroxylation is 1. The van der Waals surface area contributed by atoms with Crippen LogP contribution < -0.4 is 5.56 Å². The minimum absolute atomic E-state index is 0.154. The van der Waals surface area contributed by atoms with Crippen LogP contribution in [0.4, 0.5) is 0 Å². The first-order valence-electron chi connectivity index (χ1n) is 9.13. The van der Waals surface area contributed by atoms with Crippen LogP contribution in [0.3, 0.4) is 0 Å². The molecule has 0 unspecified atom stereocenters. The molecule has 2 aromatic heterocycles. The fourth-order valence-corrected chi connectivity index (χ4v) is 3.88. The number of benzene rings is 2. The van der Waals surface area contributed by atoms with Crippen molar-refractivity contribution in [3.63, 3.8) is 0 Å². The highest BCUT2D eigenvalue weighted by Crippen LogP contribution is 2.25. The maximum atomic E-state index is 12.6. The molecule has 28 heavy (non-hydrogen) atoms. The third-order valence-corrected chi connectivity index (χ3v) is 5.32. The number of hydrogen-bond acceptors (Lipinski definition) is 6. The predicted octanol–water partition coefficient (Wildman–Crippen LogP) is 3.52. The van der Waals surface area contributed by atoms with Crippen LogP contribution in [-0.4, -0.2) is 29.8 Å². The van der Waals surface area contributed by atoms with Crippen LogP contribution >= 0.6 is 11.8 Å². The third-order valence-electron chi connectivity index (χ3n) is 4.39. The van der Waals surface area contributed by atoms with E-state index in [2.05, 4.69) is 51.1 Å². The number of fused-ring (bicyclic) bond motifs is 1. The predicted molar refractivity (Wildman–Crippen MR) is 110 cm³/mol. The molecule has 8 heteroatoms. The van der Waals surface area contributed by atoms with Gasteiger partial charge in [0, 0.05) is 12.1 Å². The molecule has 0 spiro atoms. The Bertz CT molecular complexity index is 1180. The van der Waals surface area contributed by atoms with Crippen molar-refractivity contribution in [1.29, 1.82) is 0 Å². The van der Waals surface area contributed by atoms with Crippen LogP contribution in [0.1, 0.15) is 18.9 Å². The second-order valence-corrected chi connectivity index (χ2v) is 7.42. The van der Waals surface area contributed by atoms with Gasteiger partial charge in [-0.1, -0.05) is 59.8 Å². The summed E-state index contributed by atoms with van der Waals surface area (Å²) < 4.78 is 3.46. The SMILES string of the molecule is CCCn1c(SCn2nnc3ccccc3c2=O)nnc1-c1cccc(C)c1. The van der Waals surface area contributed by atoms with Gasteiger partial charge in [-0.2, -0.15) is 4.68 Å². The molecular formula is C20H20N6OS. The van der Waals surface area contributed by atoms with Gasteiger partial charge in [0.05, 0.1) is 11.3 Å². The van der Waals surface area contributed by atoms with Crippen LogP contribution in [0.15, 0.2) is 58.5 Å². The summed E-state index contributed by atoms with van der Waals surface area (Å²) in [4.78, 5) is 12.6. The van der Waals surface area contributed by atoms with E-state index in [0.29, 0.717) is 16.8 Å². The largest absolute Gasteiger partial charge is 0.302 e. The maximum absolute atomic E-state index is 12.6. The number of nitrogens with zero attached hydrogens (tertiary/aromatic N) is 6.